The van der Waals surface area contributed by atoms with Gasteiger partial charge in [0.2, 0.25) is 5.88 Å². The maximum Gasteiger partial charge on any atom is 0.232 e. The summed E-state index contributed by atoms with van der Waals surface area (Å²) in [6.07, 6.45) is 1.75. The second-order valence-electron chi connectivity index (χ2n) is 4.30. The van der Waals surface area contributed by atoms with Gasteiger partial charge in [-0.3, -0.25) is 0 Å². The number of aromatic nitrogens is 1. The fourth-order valence-electron chi connectivity index (χ4n) is 1.79. The van der Waals surface area contributed by atoms with Gasteiger partial charge in [-0.1, -0.05) is 23.7 Å². The number of nitrogens with one attached hydrogen (secondary N) is 1. The zero-order chi connectivity index (χ0) is 14.4. The van der Waals surface area contributed by atoms with Gasteiger partial charge in [0.25, 0.3) is 0 Å². The summed E-state index contributed by atoms with van der Waals surface area (Å²) >= 11 is 6.15. The fourth-order valence-corrected chi connectivity index (χ4v) is 2.03. The van der Waals surface area contributed by atoms with Crippen molar-refractivity contribution in [2.24, 2.45) is 0 Å². The Bertz CT molecular complexity index is 576. The van der Waals surface area contributed by atoms with E-state index < -0.39 is 0 Å². The molecule has 0 bridgehead atoms. The third-order valence-corrected chi connectivity index (χ3v) is 3.03. The molecule has 0 aliphatic heterocycles. The van der Waals surface area contributed by atoms with Crippen molar-refractivity contribution in [1.82, 2.24) is 10.3 Å². The van der Waals surface area contributed by atoms with Crippen LogP contribution in [0.25, 0.3) is 0 Å². The minimum Gasteiger partial charge on any atom is -0.497 e. The summed E-state index contributed by atoms with van der Waals surface area (Å²) in [6.45, 7) is 1.12. The summed E-state index contributed by atoms with van der Waals surface area (Å²) < 4.78 is 10.8. The second kappa shape index (κ2) is 7.12. The van der Waals surface area contributed by atoms with Gasteiger partial charge in [-0.05, 0) is 36.4 Å². The van der Waals surface area contributed by atoms with Crippen LogP contribution >= 0.6 is 11.6 Å². The molecule has 0 saturated carbocycles. The van der Waals surface area contributed by atoms with Crippen LogP contribution in [-0.4, -0.2) is 19.1 Å². The molecule has 0 unspecified atom stereocenters. The van der Waals surface area contributed by atoms with E-state index in [1.807, 2.05) is 37.4 Å². The number of hydrogen-bond donors (Lipinski definition) is 1. The van der Waals surface area contributed by atoms with Crippen LogP contribution in [-0.2, 0) is 13.2 Å². The summed E-state index contributed by atoms with van der Waals surface area (Å²) in [5.41, 5.74) is 2.02. The van der Waals surface area contributed by atoms with E-state index in [0.717, 1.165) is 23.4 Å². The quantitative estimate of drug-likeness (QED) is 0.889. The number of hydrogen-bond acceptors (Lipinski definition) is 4. The van der Waals surface area contributed by atoms with Gasteiger partial charge in [0.05, 0.1) is 7.11 Å². The molecule has 0 atom stereocenters. The van der Waals surface area contributed by atoms with Crippen molar-refractivity contribution in [2.75, 3.05) is 14.2 Å². The molecule has 4 nitrogen and oxygen atoms in total. The Balaban J connectivity index is 2.03. The topological polar surface area (TPSA) is 43.4 Å². The SMILES string of the molecule is CNCc1cnc(OCc2cccc(OC)c2)c(Cl)c1. The van der Waals surface area contributed by atoms with E-state index in [1.165, 1.54) is 0 Å². The first-order chi connectivity index (χ1) is 9.72. The summed E-state index contributed by atoms with van der Waals surface area (Å²) in [6, 6.07) is 9.55. The minimum atomic E-state index is 0.398. The monoisotopic (exact) mass is 292 g/mol. The first kappa shape index (κ1) is 14.6. The van der Waals surface area contributed by atoms with Crippen molar-refractivity contribution in [3.05, 3.63) is 52.7 Å². The molecule has 0 saturated heterocycles. The molecular formula is C15H17ClN2O2. The van der Waals surface area contributed by atoms with Crippen LogP contribution in [0.15, 0.2) is 36.5 Å². The maximum atomic E-state index is 6.15. The minimum absolute atomic E-state index is 0.398. The maximum absolute atomic E-state index is 6.15. The summed E-state index contributed by atoms with van der Waals surface area (Å²) in [5, 5.41) is 3.56. The predicted molar refractivity (Wildman–Crippen MR) is 79.3 cm³/mol. The highest BCUT2D eigenvalue weighted by molar-refractivity contribution is 6.31. The lowest BCUT2D eigenvalue weighted by molar-refractivity contribution is 0.293. The molecule has 2 rings (SSSR count). The van der Waals surface area contributed by atoms with E-state index in [0.29, 0.717) is 17.5 Å². The Hall–Kier alpha value is -1.78. The molecule has 1 aromatic heterocycles. The molecular weight excluding hydrogens is 276 g/mol. The molecule has 106 valence electrons. The van der Waals surface area contributed by atoms with Gasteiger partial charge in [0, 0.05) is 12.7 Å². The van der Waals surface area contributed by atoms with Gasteiger partial charge in [-0.2, -0.15) is 0 Å². The lowest BCUT2D eigenvalue weighted by Crippen LogP contribution is -2.06. The summed E-state index contributed by atoms with van der Waals surface area (Å²) in [7, 11) is 3.51. The largest absolute Gasteiger partial charge is 0.497 e. The van der Waals surface area contributed by atoms with Crippen LogP contribution in [0.1, 0.15) is 11.1 Å². The van der Waals surface area contributed by atoms with Gasteiger partial charge in [0.15, 0.2) is 0 Å². The number of methoxy groups -OCH3 is 1. The number of pyridine rings is 1. The lowest BCUT2D eigenvalue weighted by atomic mass is 10.2. The van der Waals surface area contributed by atoms with Gasteiger partial charge >= 0.3 is 0 Å². The van der Waals surface area contributed by atoms with Crippen molar-refractivity contribution in [3.63, 3.8) is 0 Å². The molecule has 0 spiro atoms. The second-order valence-corrected chi connectivity index (χ2v) is 4.71. The molecule has 0 amide bonds. The molecule has 1 aromatic carbocycles. The van der Waals surface area contributed by atoms with Crippen LogP contribution in [0.5, 0.6) is 11.6 Å². The lowest BCUT2D eigenvalue weighted by Gasteiger charge is -2.09. The molecule has 5 heteroatoms. The zero-order valence-electron chi connectivity index (χ0n) is 11.5. The number of nitrogens with zero attached hydrogens (tertiary/aromatic N) is 1. The normalized spacial score (nSPS) is 10.3. The Kier molecular flexibility index (Phi) is 5.21. The number of ether oxygens (including phenoxy) is 2. The smallest absolute Gasteiger partial charge is 0.232 e. The molecule has 0 fully saturated rings. The zero-order valence-corrected chi connectivity index (χ0v) is 12.3. The van der Waals surface area contributed by atoms with Crippen molar-refractivity contribution in [2.45, 2.75) is 13.2 Å². The Labute approximate surface area is 123 Å². The Morgan fingerprint density at radius 2 is 2.10 bits per heavy atom. The van der Waals surface area contributed by atoms with Gasteiger partial charge < -0.3 is 14.8 Å². The first-order valence-corrected chi connectivity index (χ1v) is 6.65. The van der Waals surface area contributed by atoms with E-state index in [9.17, 15) is 0 Å². The average molecular weight is 293 g/mol. The molecule has 0 aliphatic carbocycles. The summed E-state index contributed by atoms with van der Waals surface area (Å²) in [4.78, 5) is 4.23. The van der Waals surface area contributed by atoms with E-state index in [1.54, 1.807) is 13.3 Å². The van der Waals surface area contributed by atoms with E-state index >= 15 is 0 Å². The Morgan fingerprint density at radius 1 is 1.25 bits per heavy atom. The first-order valence-electron chi connectivity index (χ1n) is 6.27. The van der Waals surface area contributed by atoms with Gasteiger partial charge in [-0.15, -0.1) is 0 Å². The molecule has 1 N–H and O–H groups in total. The number of rotatable bonds is 6. The van der Waals surface area contributed by atoms with Crippen LogP contribution < -0.4 is 14.8 Å². The van der Waals surface area contributed by atoms with E-state index in [4.69, 9.17) is 21.1 Å². The molecule has 2 aromatic rings. The number of benzene rings is 1. The van der Waals surface area contributed by atoms with Crippen LogP contribution in [0.3, 0.4) is 0 Å². The fraction of sp³-hybridized carbons (Fsp3) is 0.267. The molecule has 20 heavy (non-hydrogen) atoms. The molecule has 1 heterocycles. The van der Waals surface area contributed by atoms with Gasteiger partial charge in [-0.25, -0.2) is 4.98 Å². The van der Waals surface area contributed by atoms with E-state index in [2.05, 4.69) is 10.3 Å². The van der Waals surface area contributed by atoms with Crippen molar-refractivity contribution < 1.29 is 9.47 Å². The van der Waals surface area contributed by atoms with Crippen molar-refractivity contribution in [3.8, 4) is 11.6 Å². The highest BCUT2D eigenvalue weighted by Crippen LogP contribution is 2.23. The number of halogens is 1. The van der Waals surface area contributed by atoms with Crippen molar-refractivity contribution in [1.29, 1.82) is 0 Å². The van der Waals surface area contributed by atoms with E-state index in [-0.39, 0.29) is 0 Å². The highest BCUT2D eigenvalue weighted by Gasteiger charge is 2.05. The summed E-state index contributed by atoms with van der Waals surface area (Å²) in [5.74, 6) is 1.24. The third kappa shape index (κ3) is 3.85. The standard InChI is InChI=1S/C15H17ClN2O2/c1-17-8-12-7-14(16)15(18-9-12)20-10-11-4-3-5-13(6-11)19-2/h3-7,9,17H,8,10H2,1-2H3. The molecule has 0 radical (unpaired) electrons. The highest BCUT2D eigenvalue weighted by atomic mass is 35.5. The third-order valence-electron chi connectivity index (χ3n) is 2.75. The predicted octanol–water partition coefficient (Wildman–Crippen LogP) is 3.04. The van der Waals surface area contributed by atoms with Crippen LogP contribution in [0.4, 0.5) is 0 Å². The van der Waals surface area contributed by atoms with Crippen molar-refractivity contribution >= 4 is 11.6 Å². The Morgan fingerprint density at radius 3 is 2.80 bits per heavy atom. The molecule has 0 aliphatic rings. The van der Waals surface area contributed by atoms with Crippen LogP contribution in [0, 0.1) is 0 Å². The van der Waals surface area contributed by atoms with Gasteiger partial charge in [0.1, 0.15) is 17.4 Å². The van der Waals surface area contributed by atoms with Crippen LogP contribution in [0.2, 0.25) is 5.02 Å². The average Bonchev–Trinajstić information content (AvgIpc) is 2.47.